The summed E-state index contributed by atoms with van der Waals surface area (Å²) in [7, 11) is -2.32. The first-order valence-electron chi connectivity index (χ1n) is 9.75. The van der Waals surface area contributed by atoms with Crippen molar-refractivity contribution in [3.8, 4) is 17.0 Å². The minimum atomic E-state index is -3.91. The maximum absolute atomic E-state index is 13.2. The van der Waals surface area contributed by atoms with Crippen LogP contribution in [-0.4, -0.2) is 26.4 Å². The molecular weight excluding hydrogens is 426 g/mol. The monoisotopic (exact) mass is 447 g/mol. The Morgan fingerprint density at radius 3 is 2.41 bits per heavy atom. The Morgan fingerprint density at radius 2 is 1.72 bits per heavy atom. The normalized spacial score (nSPS) is 11.3. The largest absolute Gasteiger partial charge is 0.497 e. The fourth-order valence-electron chi connectivity index (χ4n) is 3.46. The smallest absolute Gasteiger partial charge is 0.256 e. The molecule has 0 aliphatic rings. The fourth-order valence-corrected chi connectivity index (χ4v) is 4.26. The topological polar surface area (TPSA) is 111 Å². The van der Waals surface area contributed by atoms with Gasteiger partial charge in [-0.1, -0.05) is 24.3 Å². The molecule has 4 aromatic rings. The van der Waals surface area contributed by atoms with Crippen LogP contribution in [0.5, 0.6) is 5.75 Å². The molecule has 7 nitrogen and oxygen atoms in total. The van der Waals surface area contributed by atoms with Crippen molar-refractivity contribution >= 4 is 32.5 Å². The molecule has 32 heavy (non-hydrogen) atoms. The number of ether oxygens (including phenoxy) is 1. The predicted molar refractivity (Wildman–Crippen MR) is 124 cm³/mol. The standard InChI is InChI=1S/C24H21N3O4S/c1-15-7-10-17(13-23(15)32(25,29)30)26-24(28)20-14-22(16-8-11-18(31-2)12-9-16)27-21-6-4-3-5-19(20)21/h3-14H,1-2H3,(H,26,28)(H2,25,29,30). The van der Waals surface area contributed by atoms with Gasteiger partial charge in [-0.25, -0.2) is 18.5 Å². The summed E-state index contributed by atoms with van der Waals surface area (Å²) in [6, 6.07) is 21.0. The first-order valence-corrected chi connectivity index (χ1v) is 11.3. The Labute approximate surface area is 185 Å². The zero-order valence-corrected chi connectivity index (χ0v) is 18.3. The molecule has 1 amide bonds. The van der Waals surface area contributed by atoms with Crippen molar-refractivity contribution < 1.29 is 17.9 Å². The summed E-state index contributed by atoms with van der Waals surface area (Å²) in [5, 5.41) is 8.75. The van der Waals surface area contributed by atoms with E-state index in [9.17, 15) is 13.2 Å². The number of primary sulfonamides is 1. The average molecular weight is 448 g/mol. The van der Waals surface area contributed by atoms with Crippen molar-refractivity contribution in [1.29, 1.82) is 0 Å². The molecule has 3 aromatic carbocycles. The third-order valence-electron chi connectivity index (χ3n) is 5.10. The number of benzene rings is 3. The number of para-hydroxylation sites is 1. The van der Waals surface area contributed by atoms with Crippen LogP contribution in [0, 0.1) is 6.92 Å². The van der Waals surface area contributed by atoms with Crippen LogP contribution in [-0.2, 0) is 10.0 Å². The van der Waals surface area contributed by atoms with E-state index in [0.29, 0.717) is 33.4 Å². The lowest BCUT2D eigenvalue weighted by atomic mass is 10.0. The number of methoxy groups -OCH3 is 1. The first-order chi connectivity index (χ1) is 15.3. The number of carbonyl (C=O) groups is 1. The number of nitrogens with two attached hydrogens (primary N) is 1. The highest BCUT2D eigenvalue weighted by Crippen LogP contribution is 2.27. The molecule has 162 valence electrons. The summed E-state index contributed by atoms with van der Waals surface area (Å²) in [6.07, 6.45) is 0. The van der Waals surface area contributed by atoms with E-state index in [-0.39, 0.29) is 10.8 Å². The van der Waals surface area contributed by atoms with Gasteiger partial charge in [0, 0.05) is 16.6 Å². The minimum absolute atomic E-state index is 0.0335. The fraction of sp³-hybridized carbons (Fsp3) is 0.0833. The van der Waals surface area contributed by atoms with Crippen LogP contribution >= 0.6 is 0 Å². The maximum atomic E-state index is 13.2. The molecule has 1 aromatic heterocycles. The number of pyridine rings is 1. The molecule has 0 saturated carbocycles. The molecule has 8 heteroatoms. The van der Waals surface area contributed by atoms with E-state index >= 15 is 0 Å². The lowest BCUT2D eigenvalue weighted by molar-refractivity contribution is 0.102. The van der Waals surface area contributed by atoms with Crippen molar-refractivity contribution in [2.45, 2.75) is 11.8 Å². The average Bonchev–Trinajstić information content (AvgIpc) is 2.79. The molecule has 0 aliphatic heterocycles. The predicted octanol–water partition coefficient (Wildman–Crippen LogP) is 4.12. The van der Waals surface area contributed by atoms with E-state index in [4.69, 9.17) is 14.9 Å². The van der Waals surface area contributed by atoms with E-state index in [2.05, 4.69) is 5.32 Å². The van der Waals surface area contributed by atoms with E-state index < -0.39 is 10.0 Å². The number of carbonyl (C=O) groups excluding carboxylic acids is 1. The number of nitrogens with zero attached hydrogens (tertiary/aromatic N) is 1. The maximum Gasteiger partial charge on any atom is 0.256 e. The van der Waals surface area contributed by atoms with Gasteiger partial charge in [0.05, 0.1) is 28.8 Å². The zero-order chi connectivity index (χ0) is 22.9. The van der Waals surface area contributed by atoms with E-state index in [0.717, 1.165) is 11.3 Å². The number of aryl methyl sites for hydroxylation is 1. The SMILES string of the molecule is COc1ccc(-c2cc(C(=O)Nc3ccc(C)c(S(N)(=O)=O)c3)c3ccccc3n2)cc1. The number of nitrogens with one attached hydrogen (secondary N) is 1. The second-order valence-electron chi connectivity index (χ2n) is 7.28. The van der Waals surface area contributed by atoms with Crippen LogP contribution in [0.25, 0.3) is 22.2 Å². The van der Waals surface area contributed by atoms with E-state index in [1.54, 1.807) is 32.2 Å². The van der Waals surface area contributed by atoms with Gasteiger partial charge < -0.3 is 10.1 Å². The van der Waals surface area contributed by atoms with Crippen LogP contribution in [0.15, 0.2) is 77.7 Å². The summed E-state index contributed by atoms with van der Waals surface area (Å²) in [5.41, 5.74) is 3.38. The number of sulfonamides is 1. The second kappa shape index (κ2) is 8.41. The van der Waals surface area contributed by atoms with Crippen LogP contribution in [0.2, 0.25) is 0 Å². The summed E-state index contributed by atoms with van der Waals surface area (Å²) < 4.78 is 28.9. The van der Waals surface area contributed by atoms with Crippen molar-refractivity contribution in [2.75, 3.05) is 12.4 Å². The summed E-state index contributed by atoms with van der Waals surface area (Å²) in [4.78, 5) is 17.9. The number of anilines is 1. The summed E-state index contributed by atoms with van der Waals surface area (Å²) in [5.74, 6) is 0.333. The van der Waals surface area contributed by atoms with Crippen LogP contribution in [0.3, 0.4) is 0 Å². The number of hydrogen-bond acceptors (Lipinski definition) is 5. The molecule has 0 radical (unpaired) electrons. The third kappa shape index (κ3) is 4.32. The molecule has 0 fully saturated rings. The number of fused-ring (bicyclic) bond motifs is 1. The Bertz CT molecular complexity index is 1430. The highest BCUT2D eigenvalue weighted by molar-refractivity contribution is 7.89. The quantitative estimate of drug-likeness (QED) is 0.478. The lowest BCUT2D eigenvalue weighted by Gasteiger charge is -2.12. The molecular formula is C24H21N3O4S. The number of amides is 1. The summed E-state index contributed by atoms with van der Waals surface area (Å²) >= 11 is 0. The highest BCUT2D eigenvalue weighted by Gasteiger charge is 2.17. The van der Waals surface area contributed by atoms with Gasteiger partial charge in [0.2, 0.25) is 10.0 Å². The highest BCUT2D eigenvalue weighted by atomic mass is 32.2. The molecule has 0 bridgehead atoms. The Hall–Kier alpha value is -3.75. The van der Waals surface area contributed by atoms with Crippen molar-refractivity contribution in [3.05, 3.63) is 83.9 Å². The number of aromatic nitrogens is 1. The zero-order valence-electron chi connectivity index (χ0n) is 17.5. The van der Waals surface area contributed by atoms with Gasteiger partial charge >= 0.3 is 0 Å². The van der Waals surface area contributed by atoms with Gasteiger partial charge in [-0.2, -0.15) is 0 Å². The minimum Gasteiger partial charge on any atom is -0.497 e. The molecule has 0 atom stereocenters. The van der Waals surface area contributed by atoms with Crippen molar-refractivity contribution in [2.24, 2.45) is 5.14 Å². The van der Waals surface area contributed by atoms with Gasteiger partial charge in [-0.05, 0) is 61.0 Å². The molecule has 0 aliphatic carbocycles. The second-order valence-corrected chi connectivity index (χ2v) is 8.81. The van der Waals surface area contributed by atoms with Crippen molar-refractivity contribution in [1.82, 2.24) is 4.98 Å². The number of hydrogen-bond donors (Lipinski definition) is 2. The summed E-state index contributed by atoms with van der Waals surface area (Å²) in [6.45, 7) is 1.64. The molecule has 3 N–H and O–H groups in total. The molecule has 4 rings (SSSR count). The molecule has 0 spiro atoms. The van der Waals surface area contributed by atoms with Crippen LogP contribution in [0.4, 0.5) is 5.69 Å². The number of rotatable bonds is 5. The van der Waals surface area contributed by atoms with Gasteiger partial charge in [-0.3, -0.25) is 4.79 Å². The molecule has 0 unspecified atom stereocenters. The Morgan fingerprint density at radius 1 is 1.00 bits per heavy atom. The van der Waals surface area contributed by atoms with Gasteiger partial charge in [0.15, 0.2) is 0 Å². The van der Waals surface area contributed by atoms with E-state index in [1.165, 1.54) is 6.07 Å². The van der Waals surface area contributed by atoms with Gasteiger partial charge in [-0.15, -0.1) is 0 Å². The van der Waals surface area contributed by atoms with Crippen LogP contribution < -0.4 is 15.2 Å². The molecule has 0 saturated heterocycles. The lowest BCUT2D eigenvalue weighted by Crippen LogP contribution is -2.16. The van der Waals surface area contributed by atoms with Crippen LogP contribution in [0.1, 0.15) is 15.9 Å². The van der Waals surface area contributed by atoms with Gasteiger partial charge in [0.1, 0.15) is 5.75 Å². The van der Waals surface area contributed by atoms with Crippen molar-refractivity contribution in [3.63, 3.8) is 0 Å². The first kappa shape index (κ1) is 21.5. The molecule has 1 heterocycles. The Kier molecular flexibility index (Phi) is 5.65. The van der Waals surface area contributed by atoms with Gasteiger partial charge in [0.25, 0.3) is 5.91 Å². The third-order valence-corrected chi connectivity index (χ3v) is 6.15. The van der Waals surface area contributed by atoms with E-state index in [1.807, 2.05) is 48.5 Å². The Balaban J connectivity index is 1.77.